The van der Waals surface area contributed by atoms with Gasteiger partial charge in [0.25, 0.3) is 0 Å². The fourth-order valence-electron chi connectivity index (χ4n) is 1.57. The molecule has 0 spiro atoms. The van der Waals surface area contributed by atoms with Crippen LogP contribution in [0.5, 0.6) is 0 Å². The molecule has 0 aromatic heterocycles. The third-order valence-electron chi connectivity index (χ3n) is 2.90. The van der Waals surface area contributed by atoms with Crippen molar-refractivity contribution >= 4 is 8.56 Å². The molecule has 14 heavy (non-hydrogen) atoms. The van der Waals surface area contributed by atoms with Crippen LogP contribution in [0.15, 0.2) is 0 Å². The van der Waals surface area contributed by atoms with E-state index in [1.165, 1.54) is 0 Å². The van der Waals surface area contributed by atoms with Crippen LogP contribution in [0.4, 0.5) is 0 Å². The summed E-state index contributed by atoms with van der Waals surface area (Å²) >= 11 is 0. The van der Waals surface area contributed by atoms with Crippen molar-refractivity contribution in [2.45, 2.75) is 32.0 Å². The summed E-state index contributed by atoms with van der Waals surface area (Å²) in [5.41, 5.74) is 11.5. The van der Waals surface area contributed by atoms with Gasteiger partial charge in [-0.2, -0.15) is 0 Å². The molecule has 86 valence electrons. The third-order valence-corrected chi connectivity index (χ3v) is 6.61. The van der Waals surface area contributed by atoms with Crippen molar-refractivity contribution in [1.82, 2.24) is 0 Å². The van der Waals surface area contributed by atoms with Crippen molar-refractivity contribution in [2.24, 2.45) is 17.4 Å². The van der Waals surface area contributed by atoms with Crippen molar-refractivity contribution in [3.8, 4) is 0 Å². The highest BCUT2D eigenvalue weighted by Crippen LogP contribution is 2.23. The van der Waals surface area contributed by atoms with Gasteiger partial charge in [-0.3, -0.25) is 0 Å². The lowest BCUT2D eigenvalue weighted by atomic mass is 10.1. The van der Waals surface area contributed by atoms with E-state index in [1.807, 2.05) is 6.92 Å². The summed E-state index contributed by atoms with van der Waals surface area (Å²) in [5, 5.41) is 0. The van der Waals surface area contributed by atoms with Gasteiger partial charge in [-0.05, 0) is 31.5 Å². The van der Waals surface area contributed by atoms with E-state index >= 15 is 0 Å². The zero-order chi connectivity index (χ0) is 11.2. The number of hydrogen-bond donors (Lipinski definition) is 2. The maximum atomic E-state index is 5.85. The molecule has 0 heterocycles. The largest absolute Gasteiger partial charge is 0.398 e. The van der Waals surface area contributed by atoms with Crippen molar-refractivity contribution in [2.75, 3.05) is 20.8 Å². The van der Waals surface area contributed by atoms with Crippen LogP contribution in [0.2, 0.25) is 12.1 Å². The Morgan fingerprint density at radius 3 is 2.00 bits per heavy atom. The predicted octanol–water partition coefficient (Wildman–Crippen LogP) is 0.663. The Labute approximate surface area is 88.2 Å². The van der Waals surface area contributed by atoms with Crippen molar-refractivity contribution in [3.05, 3.63) is 0 Å². The summed E-state index contributed by atoms with van der Waals surface area (Å²) in [6.07, 6.45) is 0. The topological polar surface area (TPSA) is 70.5 Å². The monoisotopic (exact) mass is 220 g/mol. The molecule has 0 aliphatic rings. The Bertz CT molecular complexity index is 143. The molecule has 4 nitrogen and oxygen atoms in total. The highest BCUT2D eigenvalue weighted by molar-refractivity contribution is 6.67. The molecule has 0 saturated carbocycles. The highest BCUT2D eigenvalue weighted by atomic mass is 28.4. The first-order valence-electron chi connectivity index (χ1n) is 5.11. The molecule has 0 amide bonds. The smallest absolute Gasteiger partial charge is 0.337 e. The van der Waals surface area contributed by atoms with E-state index in [4.69, 9.17) is 20.3 Å². The summed E-state index contributed by atoms with van der Waals surface area (Å²) in [7, 11) is 1.41. The molecule has 0 saturated heterocycles. The lowest BCUT2D eigenvalue weighted by Crippen LogP contribution is -2.46. The molecule has 0 radical (unpaired) electrons. The quantitative estimate of drug-likeness (QED) is 0.619. The van der Waals surface area contributed by atoms with Gasteiger partial charge in [0.1, 0.15) is 0 Å². The molecule has 0 rings (SSSR count). The van der Waals surface area contributed by atoms with Crippen LogP contribution >= 0.6 is 0 Å². The Morgan fingerprint density at radius 2 is 1.79 bits per heavy atom. The molecular formula is C9H24N2O2Si. The first-order chi connectivity index (χ1) is 6.55. The zero-order valence-electron chi connectivity index (χ0n) is 9.75. The van der Waals surface area contributed by atoms with Crippen molar-refractivity contribution in [3.63, 3.8) is 0 Å². The second-order valence-electron chi connectivity index (χ2n) is 3.73. The van der Waals surface area contributed by atoms with Gasteiger partial charge < -0.3 is 20.3 Å². The van der Waals surface area contributed by atoms with Gasteiger partial charge in [0.05, 0.1) is 0 Å². The minimum absolute atomic E-state index is 0.101. The van der Waals surface area contributed by atoms with E-state index in [0.717, 1.165) is 12.1 Å². The number of nitrogens with two attached hydrogens (primary N) is 2. The lowest BCUT2D eigenvalue weighted by molar-refractivity contribution is 0.232. The van der Waals surface area contributed by atoms with E-state index in [9.17, 15) is 0 Å². The van der Waals surface area contributed by atoms with E-state index in [1.54, 1.807) is 14.2 Å². The molecule has 2 atom stereocenters. The molecule has 0 fully saturated rings. The number of hydrogen-bond acceptors (Lipinski definition) is 4. The SMILES string of the molecule is CC[Si](CC(CN)C(C)N)(OC)OC. The molecule has 0 aromatic rings. The maximum absolute atomic E-state index is 5.85. The summed E-state index contributed by atoms with van der Waals surface area (Å²) in [5.74, 6) is 0.293. The molecule has 2 unspecified atom stereocenters. The predicted molar refractivity (Wildman–Crippen MR) is 61.3 cm³/mol. The van der Waals surface area contributed by atoms with Gasteiger partial charge in [0.2, 0.25) is 0 Å². The molecule has 5 heteroatoms. The van der Waals surface area contributed by atoms with Gasteiger partial charge in [-0.25, -0.2) is 0 Å². The minimum Gasteiger partial charge on any atom is -0.398 e. The molecule has 4 N–H and O–H groups in total. The van der Waals surface area contributed by atoms with Gasteiger partial charge in [-0.15, -0.1) is 0 Å². The third kappa shape index (κ3) is 3.66. The van der Waals surface area contributed by atoms with Gasteiger partial charge in [0.15, 0.2) is 0 Å². The van der Waals surface area contributed by atoms with Gasteiger partial charge >= 0.3 is 8.56 Å². The van der Waals surface area contributed by atoms with E-state index in [0.29, 0.717) is 12.5 Å². The van der Waals surface area contributed by atoms with E-state index < -0.39 is 8.56 Å². The first kappa shape index (κ1) is 14.1. The van der Waals surface area contributed by atoms with E-state index in [-0.39, 0.29) is 6.04 Å². The summed E-state index contributed by atoms with van der Waals surface area (Å²) in [6, 6.07) is 1.91. The standard InChI is InChI=1S/C9H24N2O2Si/c1-5-14(12-3,13-4)7-9(6-10)8(2)11/h8-9H,5-7,10-11H2,1-4H3. The number of rotatable bonds is 7. The van der Waals surface area contributed by atoms with Gasteiger partial charge in [-0.1, -0.05) is 6.92 Å². The van der Waals surface area contributed by atoms with Crippen LogP contribution < -0.4 is 11.5 Å². The van der Waals surface area contributed by atoms with Crippen LogP contribution in [-0.2, 0) is 8.85 Å². The van der Waals surface area contributed by atoms with Crippen LogP contribution in [0, 0.1) is 5.92 Å². The molecule has 0 aliphatic carbocycles. The van der Waals surface area contributed by atoms with Crippen LogP contribution in [0.1, 0.15) is 13.8 Å². The minimum atomic E-state index is -2.02. The van der Waals surface area contributed by atoms with Crippen LogP contribution in [0.25, 0.3) is 0 Å². The van der Waals surface area contributed by atoms with Crippen LogP contribution in [0.3, 0.4) is 0 Å². The highest BCUT2D eigenvalue weighted by Gasteiger charge is 2.36. The first-order valence-corrected chi connectivity index (χ1v) is 7.34. The van der Waals surface area contributed by atoms with E-state index in [2.05, 4.69) is 6.92 Å². The second-order valence-corrected chi connectivity index (χ2v) is 7.48. The Balaban J connectivity index is 4.39. The normalized spacial score (nSPS) is 16.7. The summed E-state index contributed by atoms with van der Waals surface area (Å²) < 4.78 is 11.0. The fraction of sp³-hybridized carbons (Fsp3) is 1.00. The second kappa shape index (κ2) is 6.52. The zero-order valence-corrected chi connectivity index (χ0v) is 10.7. The molecular weight excluding hydrogens is 196 g/mol. The fourth-order valence-corrected chi connectivity index (χ4v) is 4.27. The van der Waals surface area contributed by atoms with Gasteiger partial charge in [0, 0.05) is 20.3 Å². The molecule has 0 aliphatic heterocycles. The molecule has 0 aromatic carbocycles. The lowest BCUT2D eigenvalue weighted by Gasteiger charge is -2.31. The maximum Gasteiger partial charge on any atom is 0.337 e. The van der Waals surface area contributed by atoms with Crippen molar-refractivity contribution in [1.29, 1.82) is 0 Å². The van der Waals surface area contributed by atoms with Crippen molar-refractivity contribution < 1.29 is 8.85 Å². The average molecular weight is 220 g/mol. The molecule has 0 bridgehead atoms. The Hall–Kier alpha value is 0.0569. The Kier molecular flexibility index (Phi) is 6.55. The summed E-state index contributed by atoms with van der Waals surface area (Å²) in [4.78, 5) is 0. The van der Waals surface area contributed by atoms with Crippen LogP contribution in [-0.4, -0.2) is 35.4 Å². The summed E-state index contributed by atoms with van der Waals surface area (Å²) in [6.45, 7) is 4.67. The average Bonchev–Trinajstić information content (AvgIpc) is 2.20. The Morgan fingerprint density at radius 1 is 1.29 bits per heavy atom.